The van der Waals surface area contributed by atoms with E-state index in [0.29, 0.717) is 5.02 Å². The van der Waals surface area contributed by atoms with Crippen molar-refractivity contribution in [3.63, 3.8) is 0 Å². The summed E-state index contributed by atoms with van der Waals surface area (Å²) < 4.78 is 0. The monoisotopic (exact) mass is 234 g/mol. The fourth-order valence-electron chi connectivity index (χ4n) is 1.41. The van der Waals surface area contributed by atoms with E-state index in [0.717, 1.165) is 16.9 Å². The molecular formula is C12H11ClN2O. The first-order valence-corrected chi connectivity index (χ1v) is 5.25. The van der Waals surface area contributed by atoms with Crippen LogP contribution in [-0.2, 0) is 0 Å². The number of H-pyrrole nitrogens is 1. The van der Waals surface area contributed by atoms with Gasteiger partial charge in [-0.3, -0.25) is 4.79 Å². The Kier molecular flexibility index (Phi) is 2.97. The second kappa shape index (κ2) is 4.41. The summed E-state index contributed by atoms with van der Waals surface area (Å²) >= 11 is 6.04. The summed E-state index contributed by atoms with van der Waals surface area (Å²) in [5.41, 5.74) is 2.48. The Bertz CT molecular complexity index is 563. The zero-order valence-electron chi connectivity index (χ0n) is 8.75. The third kappa shape index (κ3) is 2.44. The Hall–Kier alpha value is -1.74. The van der Waals surface area contributed by atoms with Gasteiger partial charge < -0.3 is 10.3 Å². The molecule has 1 aromatic carbocycles. The quantitative estimate of drug-likeness (QED) is 0.839. The van der Waals surface area contributed by atoms with Gasteiger partial charge in [0.1, 0.15) is 0 Å². The molecule has 2 N–H and O–H groups in total. The van der Waals surface area contributed by atoms with Gasteiger partial charge in [-0.2, -0.15) is 0 Å². The van der Waals surface area contributed by atoms with Crippen LogP contribution in [0.25, 0.3) is 0 Å². The van der Waals surface area contributed by atoms with Gasteiger partial charge in [0.15, 0.2) is 0 Å². The molecule has 0 saturated carbocycles. The van der Waals surface area contributed by atoms with Gasteiger partial charge in [-0.1, -0.05) is 17.7 Å². The van der Waals surface area contributed by atoms with E-state index in [1.54, 1.807) is 12.3 Å². The highest BCUT2D eigenvalue weighted by atomic mass is 35.5. The van der Waals surface area contributed by atoms with Crippen molar-refractivity contribution < 1.29 is 0 Å². The molecule has 0 aliphatic carbocycles. The Labute approximate surface area is 98.1 Å². The summed E-state index contributed by atoms with van der Waals surface area (Å²) in [5.74, 6) is 0. The molecule has 0 radical (unpaired) electrons. The van der Waals surface area contributed by atoms with E-state index in [4.69, 9.17) is 11.6 Å². The topological polar surface area (TPSA) is 44.9 Å². The second-order valence-corrected chi connectivity index (χ2v) is 3.96. The van der Waals surface area contributed by atoms with Gasteiger partial charge in [-0.15, -0.1) is 0 Å². The molecule has 0 atom stereocenters. The summed E-state index contributed by atoms with van der Waals surface area (Å²) in [6.45, 7) is 1.99. The lowest BCUT2D eigenvalue weighted by atomic mass is 10.2. The predicted octanol–water partition coefficient (Wildman–Crippen LogP) is 3.08. The highest BCUT2D eigenvalue weighted by molar-refractivity contribution is 6.33. The molecule has 4 heteroatoms. The number of aromatic amines is 1. The number of aryl methyl sites for hydroxylation is 1. The SMILES string of the molecule is Cc1ccc(Cl)c(Nc2cc[nH]c(=O)c2)c1. The van der Waals surface area contributed by atoms with Crippen molar-refractivity contribution in [3.8, 4) is 0 Å². The number of hydrogen-bond acceptors (Lipinski definition) is 2. The van der Waals surface area contributed by atoms with Crippen LogP contribution in [0, 0.1) is 6.92 Å². The van der Waals surface area contributed by atoms with Gasteiger partial charge in [-0.05, 0) is 30.7 Å². The Balaban J connectivity index is 2.33. The van der Waals surface area contributed by atoms with Crippen LogP contribution in [0.3, 0.4) is 0 Å². The minimum absolute atomic E-state index is 0.145. The smallest absolute Gasteiger partial charge is 0.249 e. The average molecular weight is 235 g/mol. The van der Waals surface area contributed by atoms with Crippen LogP contribution in [0.15, 0.2) is 41.3 Å². The lowest BCUT2D eigenvalue weighted by molar-refractivity contribution is 1.24. The van der Waals surface area contributed by atoms with E-state index in [1.165, 1.54) is 6.07 Å². The van der Waals surface area contributed by atoms with E-state index in [9.17, 15) is 4.79 Å². The highest BCUT2D eigenvalue weighted by Crippen LogP contribution is 2.25. The van der Waals surface area contributed by atoms with Gasteiger partial charge in [0.05, 0.1) is 10.7 Å². The van der Waals surface area contributed by atoms with E-state index in [2.05, 4.69) is 10.3 Å². The number of benzene rings is 1. The fraction of sp³-hybridized carbons (Fsp3) is 0.0833. The number of halogens is 1. The largest absolute Gasteiger partial charge is 0.354 e. The van der Waals surface area contributed by atoms with Crippen LogP contribution in [-0.4, -0.2) is 4.98 Å². The molecule has 0 amide bonds. The van der Waals surface area contributed by atoms with Crippen molar-refractivity contribution in [1.29, 1.82) is 0 Å². The normalized spacial score (nSPS) is 10.1. The fourth-order valence-corrected chi connectivity index (χ4v) is 1.58. The zero-order chi connectivity index (χ0) is 11.5. The first-order chi connectivity index (χ1) is 7.65. The molecule has 16 heavy (non-hydrogen) atoms. The predicted molar refractivity (Wildman–Crippen MR) is 66.5 cm³/mol. The van der Waals surface area contributed by atoms with Crippen molar-refractivity contribution >= 4 is 23.0 Å². The molecule has 0 saturated heterocycles. The van der Waals surface area contributed by atoms with Gasteiger partial charge in [0.25, 0.3) is 0 Å². The number of pyridine rings is 1. The average Bonchev–Trinajstić information content (AvgIpc) is 2.24. The number of nitrogens with one attached hydrogen (secondary N) is 2. The van der Waals surface area contributed by atoms with Crippen molar-refractivity contribution in [2.45, 2.75) is 6.92 Å². The molecule has 2 rings (SSSR count). The van der Waals surface area contributed by atoms with Crippen molar-refractivity contribution in [3.05, 3.63) is 57.5 Å². The van der Waals surface area contributed by atoms with E-state index in [1.807, 2.05) is 25.1 Å². The zero-order valence-corrected chi connectivity index (χ0v) is 9.51. The molecule has 1 aromatic heterocycles. The summed E-state index contributed by atoms with van der Waals surface area (Å²) in [4.78, 5) is 13.7. The van der Waals surface area contributed by atoms with Crippen molar-refractivity contribution in [2.24, 2.45) is 0 Å². The van der Waals surface area contributed by atoms with Gasteiger partial charge in [0, 0.05) is 18.0 Å². The minimum Gasteiger partial charge on any atom is -0.354 e. The van der Waals surface area contributed by atoms with E-state index >= 15 is 0 Å². The second-order valence-electron chi connectivity index (χ2n) is 3.55. The molecule has 0 aliphatic rings. The summed E-state index contributed by atoms with van der Waals surface area (Å²) in [6, 6.07) is 8.96. The molecule has 0 aliphatic heterocycles. The summed E-state index contributed by atoms with van der Waals surface area (Å²) in [5, 5.41) is 3.73. The maximum absolute atomic E-state index is 11.1. The minimum atomic E-state index is -0.145. The number of rotatable bonds is 2. The molecule has 0 spiro atoms. The lowest BCUT2D eigenvalue weighted by Gasteiger charge is -2.08. The molecule has 0 bridgehead atoms. The van der Waals surface area contributed by atoms with E-state index in [-0.39, 0.29) is 5.56 Å². The standard InChI is InChI=1S/C12H11ClN2O/c1-8-2-3-10(13)11(6-8)15-9-4-5-14-12(16)7-9/h2-7H,1H3,(H2,14,15,16). The summed E-state index contributed by atoms with van der Waals surface area (Å²) in [7, 11) is 0. The molecule has 3 nitrogen and oxygen atoms in total. The molecular weight excluding hydrogens is 224 g/mol. The molecule has 0 fully saturated rings. The lowest BCUT2D eigenvalue weighted by Crippen LogP contribution is -2.04. The third-order valence-corrected chi connectivity index (χ3v) is 2.51. The number of hydrogen-bond donors (Lipinski definition) is 2. The van der Waals surface area contributed by atoms with Crippen molar-refractivity contribution in [2.75, 3.05) is 5.32 Å². The third-order valence-electron chi connectivity index (χ3n) is 2.18. The Morgan fingerprint density at radius 3 is 2.81 bits per heavy atom. The molecule has 2 aromatic rings. The Morgan fingerprint density at radius 1 is 1.25 bits per heavy atom. The van der Waals surface area contributed by atoms with Crippen LogP contribution in [0.5, 0.6) is 0 Å². The molecule has 82 valence electrons. The Morgan fingerprint density at radius 2 is 2.06 bits per heavy atom. The van der Waals surface area contributed by atoms with Gasteiger partial charge in [0.2, 0.25) is 5.56 Å². The van der Waals surface area contributed by atoms with Crippen LogP contribution in [0.4, 0.5) is 11.4 Å². The highest BCUT2D eigenvalue weighted by Gasteiger charge is 2.01. The summed E-state index contributed by atoms with van der Waals surface area (Å²) in [6.07, 6.45) is 1.59. The maximum atomic E-state index is 11.1. The van der Waals surface area contributed by atoms with Crippen LogP contribution in [0.1, 0.15) is 5.56 Å². The molecule has 0 unspecified atom stereocenters. The van der Waals surface area contributed by atoms with Crippen molar-refractivity contribution in [1.82, 2.24) is 4.98 Å². The maximum Gasteiger partial charge on any atom is 0.249 e. The van der Waals surface area contributed by atoms with Gasteiger partial charge >= 0.3 is 0 Å². The van der Waals surface area contributed by atoms with Crippen LogP contribution in [0.2, 0.25) is 5.02 Å². The van der Waals surface area contributed by atoms with Gasteiger partial charge in [-0.25, -0.2) is 0 Å². The van der Waals surface area contributed by atoms with E-state index < -0.39 is 0 Å². The van der Waals surface area contributed by atoms with Crippen LogP contribution < -0.4 is 10.9 Å². The first kappa shape index (κ1) is 10.8. The number of aromatic nitrogens is 1. The number of anilines is 2. The molecule has 1 heterocycles. The first-order valence-electron chi connectivity index (χ1n) is 4.87. The van der Waals surface area contributed by atoms with Crippen LogP contribution >= 0.6 is 11.6 Å².